The molecule has 0 aliphatic carbocycles. The first-order valence-corrected chi connectivity index (χ1v) is 10.2. The minimum Gasteiger partial charge on any atom is -0.489 e. The van der Waals surface area contributed by atoms with Crippen LogP contribution in [0.25, 0.3) is 10.6 Å². The molecule has 1 aromatic heterocycles. The Kier molecular flexibility index (Phi) is 7.19. The Labute approximate surface area is 178 Å². The molecule has 2 aromatic carbocycles. The van der Waals surface area contributed by atoms with Gasteiger partial charge in [0.15, 0.2) is 0 Å². The lowest BCUT2D eigenvalue weighted by atomic mass is 10.2. The summed E-state index contributed by atoms with van der Waals surface area (Å²) in [5, 5.41) is 5.46. The van der Waals surface area contributed by atoms with Gasteiger partial charge in [0, 0.05) is 40.7 Å². The lowest BCUT2D eigenvalue weighted by Gasteiger charge is -2.09. The van der Waals surface area contributed by atoms with E-state index in [0.717, 1.165) is 12.1 Å². The third-order valence-corrected chi connectivity index (χ3v) is 5.35. The molecule has 0 atom stereocenters. The first-order valence-electron chi connectivity index (χ1n) is 8.98. The Morgan fingerprint density at radius 1 is 1.28 bits per heavy atom. The summed E-state index contributed by atoms with van der Waals surface area (Å²) < 4.78 is 20.2. The molecule has 5 nitrogen and oxygen atoms in total. The molecule has 3 rings (SSSR count). The van der Waals surface area contributed by atoms with Gasteiger partial charge in [-0.15, -0.1) is 11.3 Å². The topological polar surface area (TPSA) is 54.5 Å². The standard InChI is InChI=1S/C21H21ClFN3O2S/c1-26(2)10-9-24-20(27)19-13-29-21(25-19)16-8-7-15(11-18(16)23)28-12-14-5-3-4-6-17(14)22/h3-8,11,13H,9-10,12H2,1-2H3,(H,24,27). The number of carbonyl (C=O) groups is 1. The molecule has 152 valence electrons. The molecule has 3 aromatic rings. The number of ether oxygens (including phenoxy) is 1. The summed E-state index contributed by atoms with van der Waals surface area (Å²) in [6, 6.07) is 11.9. The van der Waals surface area contributed by atoms with Gasteiger partial charge in [-0.3, -0.25) is 4.79 Å². The van der Waals surface area contributed by atoms with E-state index >= 15 is 0 Å². The number of nitrogens with zero attached hydrogens (tertiary/aromatic N) is 2. The van der Waals surface area contributed by atoms with E-state index < -0.39 is 5.82 Å². The maximum Gasteiger partial charge on any atom is 0.270 e. The maximum absolute atomic E-state index is 14.6. The van der Waals surface area contributed by atoms with Gasteiger partial charge in [-0.25, -0.2) is 9.37 Å². The summed E-state index contributed by atoms with van der Waals surface area (Å²) in [5.41, 5.74) is 1.43. The van der Waals surface area contributed by atoms with Crippen molar-refractivity contribution in [1.29, 1.82) is 0 Å². The van der Waals surface area contributed by atoms with Crippen molar-refractivity contribution in [3.8, 4) is 16.3 Å². The van der Waals surface area contributed by atoms with Crippen LogP contribution in [0.4, 0.5) is 4.39 Å². The number of carbonyl (C=O) groups excluding carboxylic acids is 1. The highest BCUT2D eigenvalue weighted by atomic mass is 35.5. The largest absolute Gasteiger partial charge is 0.489 e. The van der Waals surface area contributed by atoms with Crippen LogP contribution in [0.15, 0.2) is 47.8 Å². The van der Waals surface area contributed by atoms with Crippen LogP contribution in [0.2, 0.25) is 5.02 Å². The first kappa shape index (κ1) is 21.2. The number of rotatable bonds is 8. The Morgan fingerprint density at radius 2 is 2.07 bits per heavy atom. The lowest BCUT2D eigenvalue weighted by Crippen LogP contribution is -2.31. The van der Waals surface area contributed by atoms with Crippen LogP contribution in [0.1, 0.15) is 16.1 Å². The lowest BCUT2D eigenvalue weighted by molar-refractivity contribution is 0.0947. The molecule has 0 saturated heterocycles. The average Bonchev–Trinajstić information content (AvgIpc) is 3.17. The molecule has 0 aliphatic rings. The van der Waals surface area contributed by atoms with Crippen molar-refractivity contribution >= 4 is 28.8 Å². The first-order chi connectivity index (χ1) is 13.9. The van der Waals surface area contributed by atoms with E-state index in [4.69, 9.17) is 16.3 Å². The number of aromatic nitrogens is 1. The monoisotopic (exact) mass is 433 g/mol. The van der Waals surface area contributed by atoms with Crippen molar-refractivity contribution in [2.75, 3.05) is 27.2 Å². The van der Waals surface area contributed by atoms with Crippen molar-refractivity contribution in [3.05, 3.63) is 69.9 Å². The summed E-state index contributed by atoms with van der Waals surface area (Å²) in [6.07, 6.45) is 0. The van der Waals surface area contributed by atoms with Crippen LogP contribution in [-0.2, 0) is 6.61 Å². The van der Waals surface area contributed by atoms with E-state index in [1.807, 2.05) is 37.2 Å². The van der Waals surface area contributed by atoms with Gasteiger partial charge < -0.3 is 15.0 Å². The number of nitrogens with one attached hydrogen (secondary N) is 1. The SMILES string of the molecule is CN(C)CCNC(=O)c1csc(-c2ccc(OCc3ccccc3Cl)cc2F)n1. The number of halogens is 2. The van der Waals surface area contributed by atoms with Crippen molar-refractivity contribution in [1.82, 2.24) is 15.2 Å². The molecule has 0 spiro atoms. The second-order valence-electron chi connectivity index (χ2n) is 6.62. The smallest absolute Gasteiger partial charge is 0.270 e. The van der Waals surface area contributed by atoms with Gasteiger partial charge in [-0.2, -0.15) is 0 Å². The molecule has 0 fully saturated rings. The van der Waals surface area contributed by atoms with E-state index in [0.29, 0.717) is 27.9 Å². The highest BCUT2D eigenvalue weighted by Crippen LogP contribution is 2.29. The average molecular weight is 434 g/mol. The number of amides is 1. The van der Waals surface area contributed by atoms with Gasteiger partial charge in [-0.1, -0.05) is 29.8 Å². The molecule has 1 heterocycles. The fraction of sp³-hybridized carbons (Fsp3) is 0.238. The number of benzene rings is 2. The fourth-order valence-electron chi connectivity index (χ4n) is 2.52. The molecular formula is C21H21ClFN3O2S. The molecule has 0 unspecified atom stereocenters. The van der Waals surface area contributed by atoms with Crippen molar-refractivity contribution < 1.29 is 13.9 Å². The molecular weight excluding hydrogens is 413 g/mol. The van der Waals surface area contributed by atoms with Gasteiger partial charge in [0.1, 0.15) is 28.9 Å². The Balaban J connectivity index is 1.65. The third kappa shape index (κ3) is 5.76. The highest BCUT2D eigenvalue weighted by molar-refractivity contribution is 7.13. The molecule has 1 amide bonds. The van der Waals surface area contributed by atoms with Crippen LogP contribution in [0, 0.1) is 5.82 Å². The fourth-order valence-corrected chi connectivity index (χ4v) is 3.54. The van der Waals surface area contributed by atoms with Crippen LogP contribution in [0.3, 0.4) is 0 Å². The molecule has 8 heteroatoms. The zero-order chi connectivity index (χ0) is 20.8. The Morgan fingerprint density at radius 3 is 2.79 bits per heavy atom. The predicted octanol–water partition coefficient (Wildman–Crippen LogP) is 4.47. The molecule has 0 radical (unpaired) electrons. The second kappa shape index (κ2) is 9.82. The summed E-state index contributed by atoms with van der Waals surface area (Å²) in [6.45, 7) is 1.49. The summed E-state index contributed by atoms with van der Waals surface area (Å²) in [5.74, 6) is -0.339. The van der Waals surface area contributed by atoms with Gasteiger partial charge >= 0.3 is 0 Å². The zero-order valence-electron chi connectivity index (χ0n) is 16.1. The van der Waals surface area contributed by atoms with E-state index in [1.165, 1.54) is 17.4 Å². The Hall–Kier alpha value is -2.48. The van der Waals surface area contributed by atoms with Crippen molar-refractivity contribution in [3.63, 3.8) is 0 Å². The minimum atomic E-state index is -0.462. The van der Waals surface area contributed by atoms with Crippen molar-refractivity contribution in [2.24, 2.45) is 0 Å². The number of hydrogen-bond acceptors (Lipinski definition) is 5. The van der Waals surface area contributed by atoms with Crippen LogP contribution >= 0.6 is 22.9 Å². The highest BCUT2D eigenvalue weighted by Gasteiger charge is 2.15. The van der Waals surface area contributed by atoms with Gasteiger partial charge in [-0.05, 0) is 32.3 Å². The zero-order valence-corrected chi connectivity index (χ0v) is 17.7. The van der Waals surface area contributed by atoms with Crippen molar-refractivity contribution in [2.45, 2.75) is 6.61 Å². The van der Waals surface area contributed by atoms with E-state index in [1.54, 1.807) is 23.6 Å². The van der Waals surface area contributed by atoms with Gasteiger partial charge in [0.05, 0.1) is 0 Å². The number of likely N-dealkylation sites (N-methyl/N-ethyl adjacent to an activating group) is 1. The number of thiazole rings is 1. The molecule has 1 N–H and O–H groups in total. The summed E-state index contributed by atoms with van der Waals surface area (Å²) >= 11 is 7.33. The van der Waals surface area contributed by atoms with E-state index in [-0.39, 0.29) is 18.2 Å². The quantitative estimate of drug-likeness (QED) is 0.569. The molecule has 0 bridgehead atoms. The Bertz CT molecular complexity index is 994. The molecule has 0 saturated carbocycles. The molecule has 0 aliphatic heterocycles. The summed E-state index contributed by atoms with van der Waals surface area (Å²) in [7, 11) is 3.86. The van der Waals surface area contributed by atoms with Crippen LogP contribution in [-0.4, -0.2) is 43.0 Å². The van der Waals surface area contributed by atoms with Crippen LogP contribution in [0.5, 0.6) is 5.75 Å². The maximum atomic E-state index is 14.6. The van der Waals surface area contributed by atoms with Gasteiger partial charge in [0.2, 0.25) is 0 Å². The minimum absolute atomic E-state index is 0.243. The van der Waals surface area contributed by atoms with E-state index in [9.17, 15) is 9.18 Å². The summed E-state index contributed by atoms with van der Waals surface area (Å²) in [4.78, 5) is 18.4. The molecule has 29 heavy (non-hydrogen) atoms. The second-order valence-corrected chi connectivity index (χ2v) is 7.88. The van der Waals surface area contributed by atoms with Gasteiger partial charge in [0.25, 0.3) is 5.91 Å². The normalized spacial score (nSPS) is 10.9. The van der Waals surface area contributed by atoms with E-state index in [2.05, 4.69) is 10.3 Å². The third-order valence-electron chi connectivity index (χ3n) is 4.10. The number of hydrogen-bond donors (Lipinski definition) is 1. The van der Waals surface area contributed by atoms with Crippen LogP contribution < -0.4 is 10.1 Å². The predicted molar refractivity (Wildman–Crippen MR) is 114 cm³/mol.